The third kappa shape index (κ3) is 1.78. The standard InChI is InChI=1S/C12H13NO3/c1-7(2)10-12(15)13-11(14)8-5-3-4-6-9(8)16-10/h3-7,10H,1-2H3,(H,13,14,15). The number of imide groups is 1. The minimum atomic E-state index is -0.618. The number of rotatable bonds is 1. The quantitative estimate of drug-likeness (QED) is 0.725. The van der Waals surface area contributed by atoms with Crippen molar-refractivity contribution in [3.63, 3.8) is 0 Å². The molecule has 1 aromatic carbocycles. The topological polar surface area (TPSA) is 55.4 Å². The normalized spacial score (nSPS) is 19.8. The van der Waals surface area contributed by atoms with Gasteiger partial charge in [0.2, 0.25) is 0 Å². The summed E-state index contributed by atoms with van der Waals surface area (Å²) < 4.78 is 5.57. The zero-order chi connectivity index (χ0) is 11.7. The first-order valence-corrected chi connectivity index (χ1v) is 5.20. The average molecular weight is 219 g/mol. The lowest BCUT2D eigenvalue weighted by atomic mass is 10.1. The van der Waals surface area contributed by atoms with Crippen LogP contribution in [0.15, 0.2) is 24.3 Å². The Bertz CT molecular complexity index is 440. The van der Waals surface area contributed by atoms with Crippen LogP contribution in [-0.4, -0.2) is 17.9 Å². The van der Waals surface area contributed by atoms with Crippen LogP contribution in [0, 0.1) is 5.92 Å². The molecule has 4 nitrogen and oxygen atoms in total. The van der Waals surface area contributed by atoms with Crippen molar-refractivity contribution in [1.29, 1.82) is 0 Å². The van der Waals surface area contributed by atoms with Crippen molar-refractivity contribution in [1.82, 2.24) is 5.32 Å². The molecular weight excluding hydrogens is 206 g/mol. The fraction of sp³-hybridized carbons (Fsp3) is 0.333. The van der Waals surface area contributed by atoms with Gasteiger partial charge in [0.05, 0.1) is 5.56 Å². The van der Waals surface area contributed by atoms with E-state index in [-0.39, 0.29) is 11.8 Å². The zero-order valence-corrected chi connectivity index (χ0v) is 9.19. The van der Waals surface area contributed by atoms with Crippen LogP contribution >= 0.6 is 0 Å². The van der Waals surface area contributed by atoms with Gasteiger partial charge in [0.25, 0.3) is 11.8 Å². The van der Waals surface area contributed by atoms with E-state index in [9.17, 15) is 9.59 Å². The van der Waals surface area contributed by atoms with Crippen LogP contribution in [0.2, 0.25) is 0 Å². The molecular formula is C12H13NO3. The molecule has 1 heterocycles. The van der Waals surface area contributed by atoms with Gasteiger partial charge in [-0.1, -0.05) is 26.0 Å². The minimum absolute atomic E-state index is 0.0129. The molecule has 0 spiro atoms. The number of ether oxygens (including phenoxy) is 1. The highest BCUT2D eigenvalue weighted by Crippen LogP contribution is 2.23. The first-order chi connectivity index (χ1) is 7.59. The van der Waals surface area contributed by atoms with Crippen LogP contribution in [0.4, 0.5) is 0 Å². The van der Waals surface area contributed by atoms with Gasteiger partial charge in [0.15, 0.2) is 6.10 Å². The van der Waals surface area contributed by atoms with Crippen molar-refractivity contribution in [2.75, 3.05) is 0 Å². The molecule has 1 N–H and O–H groups in total. The maximum atomic E-state index is 11.7. The minimum Gasteiger partial charge on any atom is -0.479 e. The average Bonchev–Trinajstić information content (AvgIpc) is 2.37. The van der Waals surface area contributed by atoms with Crippen LogP contribution < -0.4 is 10.1 Å². The van der Waals surface area contributed by atoms with Crippen molar-refractivity contribution in [3.05, 3.63) is 29.8 Å². The summed E-state index contributed by atoms with van der Waals surface area (Å²) in [5.41, 5.74) is 0.402. The fourth-order valence-electron chi connectivity index (χ4n) is 1.64. The second-order valence-corrected chi connectivity index (χ2v) is 4.10. The zero-order valence-electron chi connectivity index (χ0n) is 9.19. The number of carbonyl (C=O) groups excluding carboxylic acids is 2. The summed E-state index contributed by atoms with van der Waals surface area (Å²) >= 11 is 0. The first kappa shape index (κ1) is 10.7. The van der Waals surface area contributed by atoms with E-state index < -0.39 is 12.0 Å². The Balaban J connectivity index is 2.43. The summed E-state index contributed by atoms with van der Waals surface area (Å²) in [4.78, 5) is 23.3. The highest BCUT2D eigenvalue weighted by Gasteiger charge is 2.31. The number of hydrogen-bond acceptors (Lipinski definition) is 3. The van der Waals surface area contributed by atoms with E-state index in [1.165, 1.54) is 0 Å². The lowest BCUT2D eigenvalue weighted by Crippen LogP contribution is -2.41. The lowest BCUT2D eigenvalue weighted by molar-refractivity contribution is -0.128. The predicted octanol–water partition coefficient (Wildman–Crippen LogP) is 1.36. The van der Waals surface area contributed by atoms with E-state index in [0.29, 0.717) is 11.3 Å². The van der Waals surface area contributed by atoms with Crippen LogP contribution in [0.5, 0.6) is 5.75 Å². The van der Waals surface area contributed by atoms with Gasteiger partial charge in [-0.15, -0.1) is 0 Å². The van der Waals surface area contributed by atoms with E-state index >= 15 is 0 Å². The molecule has 2 amide bonds. The van der Waals surface area contributed by atoms with Crippen LogP contribution in [0.25, 0.3) is 0 Å². The van der Waals surface area contributed by atoms with E-state index in [2.05, 4.69) is 5.32 Å². The molecule has 1 unspecified atom stereocenters. The summed E-state index contributed by atoms with van der Waals surface area (Å²) in [5.74, 6) is -0.302. The maximum Gasteiger partial charge on any atom is 0.268 e. The Hall–Kier alpha value is -1.84. The Morgan fingerprint density at radius 1 is 1.25 bits per heavy atom. The van der Waals surface area contributed by atoms with Crippen molar-refractivity contribution < 1.29 is 14.3 Å². The Kier molecular flexibility index (Phi) is 2.64. The Morgan fingerprint density at radius 3 is 2.62 bits per heavy atom. The highest BCUT2D eigenvalue weighted by molar-refractivity contribution is 6.08. The summed E-state index contributed by atoms with van der Waals surface area (Å²) in [7, 11) is 0. The largest absolute Gasteiger partial charge is 0.479 e. The maximum absolute atomic E-state index is 11.7. The van der Waals surface area contributed by atoms with Crippen LogP contribution in [0.3, 0.4) is 0 Å². The second-order valence-electron chi connectivity index (χ2n) is 4.10. The highest BCUT2D eigenvalue weighted by atomic mass is 16.5. The van der Waals surface area contributed by atoms with Crippen LogP contribution in [-0.2, 0) is 4.79 Å². The molecule has 16 heavy (non-hydrogen) atoms. The summed E-state index contributed by atoms with van der Waals surface area (Å²) in [6.45, 7) is 3.76. The molecule has 0 radical (unpaired) electrons. The number of hydrogen-bond donors (Lipinski definition) is 1. The number of benzene rings is 1. The lowest BCUT2D eigenvalue weighted by Gasteiger charge is -2.18. The number of fused-ring (bicyclic) bond motifs is 1. The van der Waals surface area contributed by atoms with Gasteiger partial charge in [0, 0.05) is 0 Å². The first-order valence-electron chi connectivity index (χ1n) is 5.20. The van der Waals surface area contributed by atoms with Crippen LogP contribution in [0.1, 0.15) is 24.2 Å². The molecule has 4 heteroatoms. The second kappa shape index (κ2) is 3.96. The van der Waals surface area contributed by atoms with E-state index in [1.807, 2.05) is 13.8 Å². The molecule has 0 fully saturated rings. The van der Waals surface area contributed by atoms with E-state index in [4.69, 9.17) is 4.74 Å². The molecule has 0 aliphatic carbocycles. The molecule has 0 saturated carbocycles. The number of para-hydroxylation sites is 1. The summed E-state index contributed by atoms with van der Waals surface area (Å²) in [6.07, 6.45) is -0.618. The Labute approximate surface area is 93.6 Å². The van der Waals surface area contributed by atoms with Gasteiger partial charge in [-0.2, -0.15) is 0 Å². The van der Waals surface area contributed by atoms with Gasteiger partial charge >= 0.3 is 0 Å². The number of nitrogens with one attached hydrogen (secondary N) is 1. The summed E-state index contributed by atoms with van der Waals surface area (Å²) in [6, 6.07) is 6.85. The molecule has 1 aliphatic heterocycles. The van der Waals surface area contributed by atoms with Crippen molar-refractivity contribution >= 4 is 11.8 Å². The van der Waals surface area contributed by atoms with Gasteiger partial charge in [-0.05, 0) is 18.1 Å². The van der Waals surface area contributed by atoms with E-state index in [0.717, 1.165) is 0 Å². The molecule has 1 atom stereocenters. The molecule has 0 aromatic heterocycles. The fourth-order valence-corrected chi connectivity index (χ4v) is 1.64. The van der Waals surface area contributed by atoms with Gasteiger partial charge in [0.1, 0.15) is 5.75 Å². The third-order valence-corrected chi connectivity index (χ3v) is 2.49. The molecule has 1 aliphatic rings. The summed E-state index contributed by atoms with van der Waals surface area (Å²) in [5, 5.41) is 2.33. The molecule has 0 bridgehead atoms. The van der Waals surface area contributed by atoms with E-state index in [1.54, 1.807) is 24.3 Å². The molecule has 0 saturated heterocycles. The SMILES string of the molecule is CC(C)C1Oc2ccccc2C(=O)NC1=O. The Morgan fingerprint density at radius 2 is 1.94 bits per heavy atom. The smallest absolute Gasteiger partial charge is 0.268 e. The van der Waals surface area contributed by atoms with Gasteiger partial charge in [-0.25, -0.2) is 0 Å². The molecule has 1 aromatic rings. The monoisotopic (exact) mass is 219 g/mol. The van der Waals surface area contributed by atoms with Crippen molar-refractivity contribution in [2.45, 2.75) is 20.0 Å². The number of carbonyl (C=O) groups is 2. The molecule has 2 rings (SSSR count). The van der Waals surface area contributed by atoms with Crippen molar-refractivity contribution in [2.24, 2.45) is 5.92 Å². The van der Waals surface area contributed by atoms with Crippen molar-refractivity contribution in [3.8, 4) is 5.75 Å². The predicted molar refractivity (Wildman–Crippen MR) is 58.2 cm³/mol. The third-order valence-electron chi connectivity index (χ3n) is 2.49. The number of amides is 2. The van der Waals surface area contributed by atoms with Gasteiger partial charge < -0.3 is 4.74 Å². The molecule has 84 valence electrons. The van der Waals surface area contributed by atoms with Gasteiger partial charge in [-0.3, -0.25) is 14.9 Å².